The fraction of sp³-hybridized carbons (Fsp3) is 0.259. The predicted octanol–water partition coefficient (Wildman–Crippen LogP) is 4.19. The molecule has 0 saturated heterocycles. The lowest BCUT2D eigenvalue weighted by atomic mass is 9.99. The second kappa shape index (κ2) is 9.37. The van der Waals surface area contributed by atoms with Crippen LogP contribution in [0.4, 0.5) is 11.4 Å². The first-order valence-electron chi connectivity index (χ1n) is 11.0. The van der Waals surface area contributed by atoms with Crippen LogP contribution in [-0.2, 0) is 6.42 Å². The van der Waals surface area contributed by atoms with Crippen LogP contribution in [0, 0.1) is 0 Å². The third kappa shape index (κ3) is 4.43. The molecular formula is C27H29N3O2. The van der Waals surface area contributed by atoms with E-state index in [1.54, 1.807) is 0 Å². The Morgan fingerprint density at radius 1 is 0.812 bits per heavy atom. The van der Waals surface area contributed by atoms with Gasteiger partial charge >= 0.3 is 0 Å². The van der Waals surface area contributed by atoms with Gasteiger partial charge in [0.05, 0.1) is 0 Å². The van der Waals surface area contributed by atoms with Crippen molar-refractivity contribution >= 4 is 22.1 Å². The van der Waals surface area contributed by atoms with Crippen molar-refractivity contribution in [1.82, 2.24) is 4.90 Å². The maximum absolute atomic E-state index is 12.4. The first kappa shape index (κ1) is 21.8. The summed E-state index contributed by atoms with van der Waals surface area (Å²) in [7, 11) is 4.05. The number of nitrogens with zero attached hydrogens (tertiary/aromatic N) is 1. The topological polar surface area (TPSA) is 61.4 Å². The van der Waals surface area contributed by atoms with Crippen molar-refractivity contribution in [3.05, 3.63) is 104 Å². The van der Waals surface area contributed by atoms with Gasteiger partial charge in [-0.15, -0.1) is 0 Å². The minimum atomic E-state index is -0.455. The SMILES string of the molecule is CC(Nc1c(NCC(Cc2ccccc2)N(C)C)c(=O)c1=O)c1cccc2ccccc12. The molecule has 0 fully saturated rings. The Morgan fingerprint density at radius 3 is 2.22 bits per heavy atom. The van der Waals surface area contributed by atoms with Gasteiger partial charge in [-0.2, -0.15) is 0 Å². The van der Waals surface area contributed by atoms with E-state index < -0.39 is 10.9 Å². The van der Waals surface area contributed by atoms with Crippen LogP contribution < -0.4 is 21.5 Å². The molecule has 5 heteroatoms. The second-order valence-corrected chi connectivity index (χ2v) is 8.53. The lowest BCUT2D eigenvalue weighted by Crippen LogP contribution is -2.42. The average Bonchev–Trinajstić information content (AvgIpc) is 2.82. The fourth-order valence-electron chi connectivity index (χ4n) is 4.16. The van der Waals surface area contributed by atoms with Crippen molar-refractivity contribution in [3.8, 4) is 0 Å². The van der Waals surface area contributed by atoms with E-state index in [0.29, 0.717) is 17.9 Å². The molecule has 2 N–H and O–H groups in total. The maximum Gasteiger partial charge on any atom is 0.253 e. The van der Waals surface area contributed by atoms with E-state index in [9.17, 15) is 9.59 Å². The van der Waals surface area contributed by atoms with Gasteiger partial charge in [-0.25, -0.2) is 0 Å². The number of hydrogen-bond acceptors (Lipinski definition) is 5. The van der Waals surface area contributed by atoms with E-state index >= 15 is 0 Å². The van der Waals surface area contributed by atoms with Gasteiger partial charge in [0.1, 0.15) is 11.4 Å². The number of likely N-dealkylation sites (N-methyl/N-ethyl adjacent to an activating group) is 1. The molecule has 0 spiro atoms. The van der Waals surface area contributed by atoms with Gasteiger partial charge in [0.2, 0.25) is 0 Å². The Hall–Kier alpha value is -3.44. The molecule has 0 amide bonds. The Balaban J connectivity index is 1.50. The highest BCUT2D eigenvalue weighted by molar-refractivity contribution is 5.86. The van der Waals surface area contributed by atoms with Gasteiger partial charge in [0.25, 0.3) is 10.9 Å². The van der Waals surface area contributed by atoms with E-state index in [1.165, 1.54) is 5.56 Å². The fourth-order valence-corrected chi connectivity index (χ4v) is 4.16. The highest BCUT2D eigenvalue weighted by Crippen LogP contribution is 2.28. The number of anilines is 2. The standard InChI is InChI=1S/C27H29N3O2/c1-18(22-15-9-13-20-12-7-8-14-23(20)22)29-25-24(26(31)27(25)32)28-17-21(30(2)3)16-19-10-5-4-6-11-19/h4-15,18,21,28-29H,16-17H2,1-3H3. The van der Waals surface area contributed by atoms with E-state index in [0.717, 1.165) is 22.8 Å². The number of fused-ring (bicyclic) bond motifs is 1. The predicted molar refractivity (Wildman–Crippen MR) is 133 cm³/mol. The van der Waals surface area contributed by atoms with Gasteiger partial charge in [-0.3, -0.25) is 9.59 Å². The number of hydrogen-bond donors (Lipinski definition) is 2. The van der Waals surface area contributed by atoms with Crippen LogP contribution in [0.1, 0.15) is 24.1 Å². The minimum Gasteiger partial charge on any atom is -0.378 e. The normalized spacial score (nSPS) is 13.4. The number of nitrogens with one attached hydrogen (secondary N) is 2. The quantitative estimate of drug-likeness (QED) is 0.392. The summed E-state index contributed by atoms with van der Waals surface area (Å²) in [6.07, 6.45) is 0.853. The van der Waals surface area contributed by atoms with E-state index in [-0.39, 0.29) is 12.1 Å². The molecule has 4 aromatic rings. The lowest BCUT2D eigenvalue weighted by molar-refractivity contribution is 0.303. The van der Waals surface area contributed by atoms with E-state index in [2.05, 4.69) is 51.9 Å². The zero-order chi connectivity index (χ0) is 22.7. The van der Waals surface area contributed by atoms with Crippen molar-refractivity contribution in [3.63, 3.8) is 0 Å². The van der Waals surface area contributed by atoms with Crippen LogP contribution >= 0.6 is 0 Å². The van der Waals surface area contributed by atoms with Crippen LogP contribution in [0.2, 0.25) is 0 Å². The molecule has 164 valence electrons. The van der Waals surface area contributed by atoms with Crippen molar-refractivity contribution in [1.29, 1.82) is 0 Å². The van der Waals surface area contributed by atoms with Crippen LogP contribution in [0.25, 0.3) is 10.8 Å². The average molecular weight is 428 g/mol. The molecule has 4 rings (SSSR count). The lowest BCUT2D eigenvalue weighted by Gasteiger charge is -2.27. The van der Waals surface area contributed by atoms with Crippen molar-refractivity contribution in [2.24, 2.45) is 0 Å². The van der Waals surface area contributed by atoms with Crippen molar-refractivity contribution in [2.45, 2.75) is 25.4 Å². The highest BCUT2D eigenvalue weighted by Gasteiger charge is 2.24. The zero-order valence-corrected chi connectivity index (χ0v) is 18.8. The van der Waals surface area contributed by atoms with E-state index in [1.807, 2.05) is 57.4 Å². The van der Waals surface area contributed by atoms with Crippen LogP contribution in [0.15, 0.2) is 82.4 Å². The number of rotatable bonds is 9. The Labute approximate surface area is 188 Å². The van der Waals surface area contributed by atoms with Crippen LogP contribution in [0.5, 0.6) is 0 Å². The van der Waals surface area contributed by atoms with Gasteiger partial charge in [-0.05, 0) is 49.3 Å². The van der Waals surface area contributed by atoms with Gasteiger partial charge in [-0.1, -0.05) is 72.8 Å². The molecule has 4 aromatic carbocycles. The molecule has 0 aromatic heterocycles. The third-order valence-corrected chi connectivity index (χ3v) is 6.12. The van der Waals surface area contributed by atoms with Gasteiger partial charge in [0, 0.05) is 18.6 Å². The Bertz CT molecular complexity index is 1270. The molecule has 0 aliphatic heterocycles. The minimum absolute atomic E-state index is 0.112. The zero-order valence-electron chi connectivity index (χ0n) is 18.8. The largest absolute Gasteiger partial charge is 0.378 e. The molecule has 2 atom stereocenters. The third-order valence-electron chi connectivity index (χ3n) is 6.12. The van der Waals surface area contributed by atoms with E-state index in [4.69, 9.17) is 0 Å². The summed E-state index contributed by atoms with van der Waals surface area (Å²) in [5, 5.41) is 8.83. The van der Waals surface area contributed by atoms with Crippen molar-refractivity contribution in [2.75, 3.05) is 31.3 Å². The van der Waals surface area contributed by atoms with Crippen molar-refractivity contribution < 1.29 is 0 Å². The highest BCUT2D eigenvalue weighted by atomic mass is 16.2. The molecule has 0 saturated carbocycles. The Morgan fingerprint density at radius 2 is 1.47 bits per heavy atom. The summed E-state index contributed by atoms with van der Waals surface area (Å²) in [5.41, 5.74) is 2.20. The summed E-state index contributed by atoms with van der Waals surface area (Å²) >= 11 is 0. The van der Waals surface area contributed by atoms with Crippen LogP contribution in [-0.4, -0.2) is 31.6 Å². The first-order valence-corrected chi connectivity index (χ1v) is 11.0. The molecule has 2 unspecified atom stereocenters. The molecule has 0 aliphatic rings. The maximum atomic E-state index is 12.4. The summed E-state index contributed by atoms with van der Waals surface area (Å²) in [6, 6.07) is 24.7. The van der Waals surface area contributed by atoms with Gasteiger partial charge < -0.3 is 15.5 Å². The molecule has 5 nitrogen and oxygen atoms in total. The molecular weight excluding hydrogens is 398 g/mol. The first-order chi connectivity index (χ1) is 15.5. The molecule has 32 heavy (non-hydrogen) atoms. The summed E-state index contributed by atoms with van der Waals surface area (Å²) in [5.74, 6) is 0. The Kier molecular flexibility index (Phi) is 6.37. The smallest absolute Gasteiger partial charge is 0.253 e. The van der Waals surface area contributed by atoms with Crippen LogP contribution in [0.3, 0.4) is 0 Å². The van der Waals surface area contributed by atoms with Gasteiger partial charge in [0.15, 0.2) is 0 Å². The molecule has 0 bridgehead atoms. The monoisotopic (exact) mass is 427 g/mol. The molecule has 0 radical (unpaired) electrons. The molecule has 0 aliphatic carbocycles. The second-order valence-electron chi connectivity index (χ2n) is 8.53. The summed E-state index contributed by atoms with van der Waals surface area (Å²) in [6.45, 7) is 2.59. The summed E-state index contributed by atoms with van der Waals surface area (Å²) in [4.78, 5) is 26.8. The molecule has 0 heterocycles. The summed E-state index contributed by atoms with van der Waals surface area (Å²) < 4.78 is 0. The number of benzene rings is 3.